The molecule has 0 radical (unpaired) electrons. The van der Waals surface area contributed by atoms with Crippen LogP contribution < -0.4 is 10.2 Å². The third-order valence-corrected chi connectivity index (χ3v) is 3.82. The number of methoxy groups -OCH3 is 1. The Morgan fingerprint density at radius 1 is 1.29 bits per heavy atom. The molecule has 2 rings (SSSR count). The molecule has 1 heterocycles. The van der Waals surface area contributed by atoms with Gasteiger partial charge in [0, 0.05) is 20.2 Å². The van der Waals surface area contributed by atoms with Gasteiger partial charge in [-0.05, 0) is 47.1 Å². The van der Waals surface area contributed by atoms with E-state index in [0.29, 0.717) is 22.5 Å². The number of halogens is 1. The van der Waals surface area contributed by atoms with E-state index in [0.717, 1.165) is 0 Å². The first-order chi connectivity index (χ1) is 11.4. The van der Waals surface area contributed by atoms with E-state index in [4.69, 9.17) is 9.15 Å². The quantitative estimate of drug-likeness (QED) is 0.816. The Morgan fingerprint density at radius 3 is 2.62 bits per heavy atom. The third kappa shape index (κ3) is 4.24. The van der Waals surface area contributed by atoms with Gasteiger partial charge in [0.15, 0.2) is 10.4 Å². The Labute approximate surface area is 148 Å². The van der Waals surface area contributed by atoms with E-state index in [1.807, 2.05) is 6.92 Å². The van der Waals surface area contributed by atoms with Crippen LogP contribution in [0.1, 0.15) is 27.8 Å². The van der Waals surface area contributed by atoms with Crippen LogP contribution in [0.4, 0.5) is 5.69 Å². The Bertz CT molecular complexity index is 729. The van der Waals surface area contributed by atoms with Gasteiger partial charge >= 0.3 is 0 Å². The van der Waals surface area contributed by atoms with E-state index in [-0.39, 0.29) is 23.6 Å². The minimum atomic E-state index is -0.342. The van der Waals surface area contributed by atoms with Crippen LogP contribution in [0.5, 0.6) is 0 Å². The highest BCUT2D eigenvalue weighted by atomic mass is 79.9. The molecule has 1 unspecified atom stereocenters. The Balaban J connectivity index is 2.24. The maximum atomic E-state index is 12.5. The summed E-state index contributed by atoms with van der Waals surface area (Å²) in [6.45, 7) is 2.25. The molecular weight excluding hydrogens is 376 g/mol. The lowest BCUT2D eigenvalue weighted by atomic mass is 10.1. The molecule has 128 valence electrons. The molecule has 1 N–H and O–H groups in total. The van der Waals surface area contributed by atoms with Crippen molar-refractivity contribution in [1.82, 2.24) is 5.32 Å². The smallest absolute Gasteiger partial charge is 0.293 e. The van der Waals surface area contributed by atoms with Crippen LogP contribution in [0.2, 0.25) is 0 Å². The predicted molar refractivity (Wildman–Crippen MR) is 94.4 cm³/mol. The molecule has 1 atom stereocenters. The number of rotatable bonds is 6. The standard InChI is InChI=1S/C17H19BrN2O4/c1-11(10-23-3)19-16(21)12-6-4-5-7-13(12)20(2)17(22)14-8-9-15(18)24-14/h4-9,11H,10H2,1-3H3,(H,19,21). The van der Waals surface area contributed by atoms with Crippen molar-refractivity contribution in [3.8, 4) is 0 Å². The highest BCUT2D eigenvalue weighted by molar-refractivity contribution is 9.10. The molecule has 0 spiro atoms. The van der Waals surface area contributed by atoms with Crippen LogP contribution in [-0.2, 0) is 4.74 Å². The second kappa shape index (κ2) is 8.12. The topological polar surface area (TPSA) is 71.8 Å². The van der Waals surface area contributed by atoms with Gasteiger partial charge in [0.05, 0.1) is 17.9 Å². The maximum absolute atomic E-state index is 12.5. The summed E-state index contributed by atoms with van der Waals surface area (Å²) in [4.78, 5) is 26.4. The monoisotopic (exact) mass is 394 g/mol. The van der Waals surface area contributed by atoms with Gasteiger partial charge in [-0.15, -0.1) is 0 Å². The van der Waals surface area contributed by atoms with Gasteiger partial charge in [-0.1, -0.05) is 12.1 Å². The molecule has 0 aliphatic carbocycles. The third-order valence-electron chi connectivity index (χ3n) is 3.39. The Hall–Kier alpha value is -2.12. The van der Waals surface area contributed by atoms with E-state index >= 15 is 0 Å². The fraction of sp³-hybridized carbons (Fsp3) is 0.294. The van der Waals surface area contributed by atoms with Crippen molar-refractivity contribution in [2.75, 3.05) is 25.7 Å². The summed E-state index contributed by atoms with van der Waals surface area (Å²) in [6, 6.07) is 9.99. The molecule has 0 fully saturated rings. The van der Waals surface area contributed by atoms with Crippen LogP contribution in [0.3, 0.4) is 0 Å². The molecule has 1 aromatic heterocycles. The largest absolute Gasteiger partial charge is 0.444 e. The summed E-state index contributed by atoms with van der Waals surface area (Å²) < 4.78 is 10.8. The van der Waals surface area contributed by atoms with E-state index < -0.39 is 0 Å². The number of hydrogen-bond donors (Lipinski definition) is 1. The molecule has 1 aromatic carbocycles. The first-order valence-electron chi connectivity index (χ1n) is 7.36. The first kappa shape index (κ1) is 18.2. The summed E-state index contributed by atoms with van der Waals surface area (Å²) in [5.41, 5.74) is 0.902. The fourth-order valence-corrected chi connectivity index (χ4v) is 2.56. The second-order valence-corrected chi connectivity index (χ2v) is 6.10. The molecule has 6 nitrogen and oxygen atoms in total. The fourth-order valence-electron chi connectivity index (χ4n) is 2.26. The lowest BCUT2D eigenvalue weighted by molar-refractivity contribution is 0.0906. The number of hydrogen-bond acceptors (Lipinski definition) is 4. The van der Waals surface area contributed by atoms with Crippen molar-refractivity contribution >= 4 is 33.4 Å². The van der Waals surface area contributed by atoms with E-state index in [1.54, 1.807) is 50.6 Å². The number of furan rings is 1. The SMILES string of the molecule is COCC(C)NC(=O)c1ccccc1N(C)C(=O)c1ccc(Br)o1. The van der Waals surface area contributed by atoms with Gasteiger partial charge in [0.25, 0.3) is 11.8 Å². The minimum Gasteiger partial charge on any atom is -0.444 e. The van der Waals surface area contributed by atoms with Crippen molar-refractivity contribution < 1.29 is 18.7 Å². The molecule has 0 aliphatic rings. The maximum Gasteiger partial charge on any atom is 0.293 e. The average Bonchev–Trinajstić information content (AvgIpc) is 3.00. The van der Waals surface area contributed by atoms with Crippen molar-refractivity contribution in [3.63, 3.8) is 0 Å². The number of ether oxygens (including phenoxy) is 1. The van der Waals surface area contributed by atoms with Gasteiger partial charge in [-0.3, -0.25) is 9.59 Å². The van der Waals surface area contributed by atoms with Gasteiger partial charge in [-0.2, -0.15) is 0 Å². The van der Waals surface area contributed by atoms with Crippen LogP contribution in [0.25, 0.3) is 0 Å². The van der Waals surface area contributed by atoms with Crippen LogP contribution in [0, 0.1) is 0 Å². The number of anilines is 1. The summed E-state index contributed by atoms with van der Waals surface area (Å²) in [5, 5.41) is 2.84. The number of nitrogens with zero attached hydrogens (tertiary/aromatic N) is 1. The van der Waals surface area contributed by atoms with Gasteiger partial charge in [0.1, 0.15) is 0 Å². The number of nitrogens with one attached hydrogen (secondary N) is 1. The van der Waals surface area contributed by atoms with E-state index in [1.165, 1.54) is 4.90 Å². The number of benzene rings is 1. The van der Waals surface area contributed by atoms with E-state index in [2.05, 4.69) is 21.2 Å². The Morgan fingerprint density at radius 2 is 2.00 bits per heavy atom. The molecule has 7 heteroatoms. The predicted octanol–water partition coefficient (Wildman–Crippen LogP) is 3.08. The number of amides is 2. The lowest BCUT2D eigenvalue weighted by Crippen LogP contribution is -2.37. The molecule has 24 heavy (non-hydrogen) atoms. The molecule has 0 saturated heterocycles. The van der Waals surface area contributed by atoms with Crippen molar-refractivity contribution in [3.05, 3.63) is 52.4 Å². The highest BCUT2D eigenvalue weighted by Gasteiger charge is 2.22. The number of para-hydroxylation sites is 1. The minimum absolute atomic E-state index is 0.141. The van der Waals surface area contributed by atoms with E-state index in [9.17, 15) is 9.59 Å². The highest BCUT2D eigenvalue weighted by Crippen LogP contribution is 2.23. The Kier molecular flexibility index (Phi) is 6.16. The lowest BCUT2D eigenvalue weighted by Gasteiger charge is -2.20. The van der Waals surface area contributed by atoms with Crippen molar-refractivity contribution in [2.45, 2.75) is 13.0 Å². The molecule has 0 saturated carbocycles. The number of carbonyl (C=O) groups excluding carboxylic acids is 2. The van der Waals surface area contributed by atoms with Crippen molar-refractivity contribution in [1.29, 1.82) is 0 Å². The summed E-state index contributed by atoms with van der Waals surface area (Å²) >= 11 is 3.17. The first-order valence-corrected chi connectivity index (χ1v) is 8.15. The number of carbonyl (C=O) groups is 2. The molecule has 0 bridgehead atoms. The van der Waals surface area contributed by atoms with Crippen LogP contribution in [0.15, 0.2) is 45.5 Å². The summed E-state index contributed by atoms with van der Waals surface area (Å²) in [7, 11) is 3.17. The molecule has 0 aliphatic heterocycles. The normalized spacial score (nSPS) is 11.8. The average molecular weight is 395 g/mol. The molecule has 2 amide bonds. The second-order valence-electron chi connectivity index (χ2n) is 5.31. The zero-order chi connectivity index (χ0) is 17.7. The van der Waals surface area contributed by atoms with Crippen molar-refractivity contribution in [2.24, 2.45) is 0 Å². The van der Waals surface area contributed by atoms with Crippen LogP contribution >= 0.6 is 15.9 Å². The zero-order valence-corrected chi connectivity index (χ0v) is 15.3. The zero-order valence-electron chi connectivity index (χ0n) is 13.7. The summed E-state index contributed by atoms with van der Waals surface area (Å²) in [5.74, 6) is -0.423. The summed E-state index contributed by atoms with van der Waals surface area (Å²) in [6.07, 6.45) is 0. The molecule has 2 aromatic rings. The van der Waals surface area contributed by atoms with Gasteiger partial charge < -0.3 is 19.4 Å². The van der Waals surface area contributed by atoms with Crippen LogP contribution in [-0.4, -0.2) is 38.6 Å². The van der Waals surface area contributed by atoms with Gasteiger partial charge in [0.2, 0.25) is 0 Å². The molecular formula is C17H19BrN2O4. The van der Waals surface area contributed by atoms with Gasteiger partial charge in [-0.25, -0.2) is 0 Å².